The van der Waals surface area contributed by atoms with Crippen LogP contribution in [0.25, 0.3) is 0 Å². The number of benzene rings is 2. The number of hydrogen-bond acceptors (Lipinski definition) is 4. The van der Waals surface area contributed by atoms with Crippen molar-refractivity contribution in [2.24, 2.45) is 0 Å². The lowest BCUT2D eigenvalue weighted by Crippen LogP contribution is -2.24. The number of carbonyl (C=O) groups excluding carboxylic acids is 2. The van der Waals surface area contributed by atoms with Crippen molar-refractivity contribution in [2.45, 2.75) is 45.6 Å². The predicted molar refractivity (Wildman–Crippen MR) is 101 cm³/mol. The van der Waals surface area contributed by atoms with E-state index in [0.29, 0.717) is 29.9 Å². The fourth-order valence-corrected chi connectivity index (χ4v) is 2.47. The van der Waals surface area contributed by atoms with Crippen LogP contribution in [0.3, 0.4) is 0 Å². The number of halogens is 1. The van der Waals surface area contributed by atoms with E-state index in [-0.39, 0.29) is 30.4 Å². The molecular weight excluding hydrogens is 347 g/mol. The minimum Gasteiger partial charge on any atom is -0.493 e. The van der Waals surface area contributed by atoms with E-state index in [1.807, 2.05) is 0 Å². The Morgan fingerprint density at radius 2 is 1.63 bits per heavy atom. The summed E-state index contributed by atoms with van der Waals surface area (Å²) in [5, 5.41) is 0. The van der Waals surface area contributed by atoms with Gasteiger partial charge < -0.3 is 9.47 Å². The summed E-state index contributed by atoms with van der Waals surface area (Å²) in [5.74, 6) is -0.148. The first-order valence-electron chi connectivity index (χ1n) is 8.96. The van der Waals surface area contributed by atoms with Gasteiger partial charge in [0.1, 0.15) is 17.2 Å². The maximum Gasteiger partial charge on any atom is 0.306 e. The molecule has 5 heteroatoms. The molecule has 4 nitrogen and oxygen atoms in total. The molecule has 0 radical (unpaired) electrons. The molecule has 0 heterocycles. The Morgan fingerprint density at radius 1 is 0.963 bits per heavy atom. The van der Waals surface area contributed by atoms with E-state index in [1.54, 1.807) is 63.2 Å². The molecule has 0 aliphatic rings. The molecule has 0 atom stereocenters. The van der Waals surface area contributed by atoms with Gasteiger partial charge in [-0.3, -0.25) is 9.59 Å². The zero-order chi connectivity index (χ0) is 19.9. The Morgan fingerprint density at radius 3 is 2.26 bits per heavy atom. The molecule has 144 valence electrons. The van der Waals surface area contributed by atoms with E-state index < -0.39 is 5.60 Å². The molecule has 0 bridgehead atoms. The molecule has 0 aliphatic heterocycles. The first-order chi connectivity index (χ1) is 12.7. The summed E-state index contributed by atoms with van der Waals surface area (Å²) in [6.45, 7) is 5.71. The number of ether oxygens (including phenoxy) is 2. The van der Waals surface area contributed by atoms with Crippen LogP contribution in [0.1, 0.15) is 49.5 Å². The highest BCUT2D eigenvalue weighted by Gasteiger charge is 2.17. The predicted octanol–water partition coefficient (Wildman–Crippen LogP) is 4.75. The van der Waals surface area contributed by atoms with E-state index in [1.165, 1.54) is 6.07 Å². The van der Waals surface area contributed by atoms with Crippen LogP contribution in [0, 0.1) is 5.82 Å². The summed E-state index contributed by atoms with van der Waals surface area (Å²) in [7, 11) is 0. The Balaban J connectivity index is 1.79. The summed E-state index contributed by atoms with van der Waals surface area (Å²) in [5.41, 5.74) is 0.563. The first kappa shape index (κ1) is 20.6. The Hall–Kier alpha value is -2.69. The van der Waals surface area contributed by atoms with Crippen molar-refractivity contribution in [2.75, 3.05) is 6.61 Å². The average Bonchev–Trinajstić information content (AvgIpc) is 2.60. The lowest BCUT2D eigenvalue weighted by Gasteiger charge is -2.19. The molecule has 2 aromatic rings. The molecule has 2 rings (SSSR count). The fraction of sp³-hybridized carbons (Fsp3) is 0.364. The number of Topliss-reactive ketones (excluding diaryl/α,β-unsaturated/α-hetero) is 1. The highest BCUT2D eigenvalue weighted by molar-refractivity contribution is 5.97. The Bertz CT molecular complexity index is 776. The van der Waals surface area contributed by atoms with Crippen LogP contribution >= 0.6 is 0 Å². The van der Waals surface area contributed by atoms with Crippen LogP contribution in [0.5, 0.6) is 5.75 Å². The zero-order valence-corrected chi connectivity index (χ0v) is 16.0. The zero-order valence-electron chi connectivity index (χ0n) is 16.0. The monoisotopic (exact) mass is 372 g/mol. The van der Waals surface area contributed by atoms with Gasteiger partial charge in [0.2, 0.25) is 0 Å². The molecule has 0 N–H and O–H groups in total. The van der Waals surface area contributed by atoms with Crippen LogP contribution in [0.2, 0.25) is 0 Å². The molecule has 0 unspecified atom stereocenters. The Labute approximate surface area is 159 Å². The fourth-order valence-electron chi connectivity index (χ4n) is 2.47. The highest BCUT2D eigenvalue weighted by Crippen LogP contribution is 2.16. The average molecular weight is 372 g/mol. The quantitative estimate of drug-likeness (QED) is 0.496. The summed E-state index contributed by atoms with van der Waals surface area (Å²) in [6, 6.07) is 13.3. The van der Waals surface area contributed by atoms with Crippen molar-refractivity contribution in [1.29, 1.82) is 0 Å². The van der Waals surface area contributed by atoms with Crippen molar-refractivity contribution >= 4 is 11.8 Å². The second-order valence-electron chi connectivity index (χ2n) is 7.22. The van der Waals surface area contributed by atoms with Crippen molar-refractivity contribution in [3.05, 3.63) is 65.5 Å². The van der Waals surface area contributed by atoms with Gasteiger partial charge >= 0.3 is 5.97 Å². The van der Waals surface area contributed by atoms with Gasteiger partial charge in [0.05, 0.1) is 13.0 Å². The van der Waals surface area contributed by atoms with Gasteiger partial charge in [0, 0.05) is 18.4 Å². The topological polar surface area (TPSA) is 52.6 Å². The van der Waals surface area contributed by atoms with Crippen LogP contribution in [0.4, 0.5) is 4.39 Å². The molecule has 0 amide bonds. The number of carbonyl (C=O) groups is 2. The van der Waals surface area contributed by atoms with Crippen LogP contribution in [-0.4, -0.2) is 24.0 Å². The van der Waals surface area contributed by atoms with Crippen molar-refractivity contribution < 1.29 is 23.5 Å². The number of rotatable bonds is 8. The highest BCUT2D eigenvalue weighted by atomic mass is 19.1. The van der Waals surface area contributed by atoms with Crippen LogP contribution < -0.4 is 4.74 Å². The van der Waals surface area contributed by atoms with Crippen molar-refractivity contribution in [3.63, 3.8) is 0 Å². The molecular formula is C22H25FO4. The molecule has 0 saturated carbocycles. The molecule has 0 saturated heterocycles. The summed E-state index contributed by atoms with van der Waals surface area (Å²) in [4.78, 5) is 23.9. The molecule has 0 fully saturated rings. The van der Waals surface area contributed by atoms with Crippen molar-refractivity contribution in [3.8, 4) is 5.75 Å². The largest absolute Gasteiger partial charge is 0.493 e. The van der Waals surface area contributed by atoms with Gasteiger partial charge in [-0.25, -0.2) is 4.39 Å². The number of ketones is 1. The Kier molecular flexibility index (Phi) is 7.11. The maximum atomic E-state index is 13.6. The maximum absolute atomic E-state index is 13.6. The second-order valence-corrected chi connectivity index (χ2v) is 7.22. The standard InChI is InChI=1S/C22H25FO4/c1-22(2,3)27-21(25)13-12-20(24)17-8-10-18(11-9-17)26-15-14-16-6-4-5-7-19(16)23/h4-11H,12-15H2,1-3H3. The molecule has 0 aromatic heterocycles. The molecule has 0 aliphatic carbocycles. The van der Waals surface area contributed by atoms with Crippen LogP contribution in [-0.2, 0) is 16.0 Å². The van der Waals surface area contributed by atoms with Gasteiger partial charge in [0.15, 0.2) is 5.78 Å². The molecule has 2 aromatic carbocycles. The minimum atomic E-state index is -0.554. The molecule has 27 heavy (non-hydrogen) atoms. The van der Waals surface area contributed by atoms with Gasteiger partial charge in [-0.2, -0.15) is 0 Å². The lowest BCUT2D eigenvalue weighted by atomic mass is 10.1. The van der Waals surface area contributed by atoms with Gasteiger partial charge in [-0.15, -0.1) is 0 Å². The van der Waals surface area contributed by atoms with Gasteiger partial charge in [0.25, 0.3) is 0 Å². The summed E-state index contributed by atoms with van der Waals surface area (Å²) >= 11 is 0. The van der Waals surface area contributed by atoms with Crippen molar-refractivity contribution in [1.82, 2.24) is 0 Å². The normalized spacial score (nSPS) is 11.1. The van der Waals surface area contributed by atoms with Crippen LogP contribution in [0.15, 0.2) is 48.5 Å². The molecule has 0 spiro atoms. The lowest BCUT2D eigenvalue weighted by molar-refractivity contribution is -0.154. The first-order valence-corrected chi connectivity index (χ1v) is 8.96. The smallest absolute Gasteiger partial charge is 0.306 e. The van der Waals surface area contributed by atoms with E-state index in [4.69, 9.17) is 9.47 Å². The van der Waals surface area contributed by atoms with Gasteiger partial charge in [-0.05, 0) is 56.7 Å². The SMILES string of the molecule is CC(C)(C)OC(=O)CCC(=O)c1ccc(OCCc2ccccc2F)cc1. The summed E-state index contributed by atoms with van der Waals surface area (Å²) in [6.07, 6.45) is 0.614. The van der Waals surface area contributed by atoms with E-state index in [0.717, 1.165) is 0 Å². The minimum absolute atomic E-state index is 0.0526. The summed E-state index contributed by atoms with van der Waals surface area (Å²) < 4.78 is 24.3. The second kappa shape index (κ2) is 9.31. The number of esters is 1. The number of hydrogen-bond donors (Lipinski definition) is 0. The van der Waals surface area contributed by atoms with E-state index in [9.17, 15) is 14.0 Å². The van der Waals surface area contributed by atoms with Gasteiger partial charge in [-0.1, -0.05) is 18.2 Å². The third kappa shape index (κ3) is 7.21. The third-order valence-electron chi connectivity index (χ3n) is 3.75. The third-order valence-corrected chi connectivity index (χ3v) is 3.75. The van der Waals surface area contributed by atoms with E-state index in [2.05, 4.69) is 0 Å². The van der Waals surface area contributed by atoms with E-state index >= 15 is 0 Å².